The van der Waals surface area contributed by atoms with E-state index in [0.29, 0.717) is 0 Å². The minimum absolute atomic E-state index is 0.148. The second kappa shape index (κ2) is 3.30. The van der Waals surface area contributed by atoms with E-state index in [9.17, 15) is 8.60 Å². The van der Waals surface area contributed by atoms with Crippen molar-refractivity contribution in [3.8, 4) is 0 Å². The van der Waals surface area contributed by atoms with E-state index in [1.807, 2.05) is 0 Å². The van der Waals surface area contributed by atoms with Gasteiger partial charge in [-0.1, -0.05) is 17.7 Å². The zero-order valence-electron chi connectivity index (χ0n) is 5.25. The summed E-state index contributed by atoms with van der Waals surface area (Å²) in [6, 6.07) is 3.93. The first kappa shape index (κ1) is 8.64. The maximum Gasteiger partial charge on any atom is 0.189 e. The van der Waals surface area contributed by atoms with Crippen molar-refractivity contribution in [3.05, 3.63) is 29.0 Å². The summed E-state index contributed by atoms with van der Waals surface area (Å²) in [5, 5.41) is -0.148. The molecule has 1 unspecified atom stereocenters. The van der Waals surface area contributed by atoms with E-state index in [4.69, 9.17) is 16.2 Å². The fourth-order valence-electron chi connectivity index (χ4n) is 0.619. The van der Waals surface area contributed by atoms with Crippen LogP contribution in [0.15, 0.2) is 23.1 Å². The molecule has 0 heterocycles. The Kier molecular flexibility index (Phi) is 2.59. The van der Waals surface area contributed by atoms with Crippen LogP contribution in [-0.4, -0.2) is 8.76 Å². The van der Waals surface area contributed by atoms with Crippen molar-refractivity contribution in [1.82, 2.24) is 0 Å². The van der Waals surface area contributed by atoms with Crippen molar-refractivity contribution >= 4 is 22.7 Å². The van der Waals surface area contributed by atoms with Gasteiger partial charge in [0.1, 0.15) is 4.90 Å². The van der Waals surface area contributed by atoms with Crippen LogP contribution in [0.5, 0.6) is 0 Å². The van der Waals surface area contributed by atoms with Crippen molar-refractivity contribution < 1.29 is 13.2 Å². The second-order valence-corrected chi connectivity index (χ2v) is 3.15. The molecule has 1 rings (SSSR count). The van der Waals surface area contributed by atoms with Gasteiger partial charge in [-0.25, -0.2) is 8.60 Å². The van der Waals surface area contributed by atoms with Crippen LogP contribution >= 0.6 is 11.6 Å². The summed E-state index contributed by atoms with van der Waals surface area (Å²) in [5.74, 6) is -0.838. The number of hydrogen-bond donors (Lipinski definition) is 1. The van der Waals surface area contributed by atoms with Crippen LogP contribution in [0.25, 0.3) is 0 Å². The Bertz CT molecular complexity index is 303. The molecule has 0 aliphatic heterocycles. The van der Waals surface area contributed by atoms with Gasteiger partial charge in [0.15, 0.2) is 16.9 Å². The fraction of sp³-hybridized carbons (Fsp3) is 0. The predicted molar refractivity (Wildman–Crippen MR) is 40.4 cm³/mol. The van der Waals surface area contributed by atoms with Gasteiger partial charge < -0.3 is 4.55 Å². The maximum absolute atomic E-state index is 12.8. The fourth-order valence-corrected chi connectivity index (χ4v) is 1.31. The molecule has 11 heavy (non-hydrogen) atoms. The summed E-state index contributed by atoms with van der Waals surface area (Å²) in [6.07, 6.45) is 0. The second-order valence-electron chi connectivity index (χ2n) is 1.80. The highest BCUT2D eigenvalue weighted by Crippen LogP contribution is 2.19. The molecular formula is C6H4ClFO2S. The van der Waals surface area contributed by atoms with E-state index < -0.39 is 16.9 Å². The Labute approximate surface area is 70.3 Å². The molecule has 0 saturated carbocycles. The number of rotatable bonds is 1. The maximum atomic E-state index is 12.8. The monoisotopic (exact) mass is 194 g/mol. The van der Waals surface area contributed by atoms with E-state index in [1.54, 1.807) is 0 Å². The molecule has 0 aliphatic carbocycles. The first-order valence-electron chi connectivity index (χ1n) is 2.68. The van der Waals surface area contributed by atoms with Crippen molar-refractivity contribution in [2.75, 3.05) is 0 Å². The van der Waals surface area contributed by atoms with E-state index in [1.165, 1.54) is 18.2 Å². The quantitative estimate of drug-likeness (QED) is 0.695. The molecule has 0 amide bonds. The van der Waals surface area contributed by atoms with Crippen LogP contribution in [-0.2, 0) is 11.1 Å². The topological polar surface area (TPSA) is 37.3 Å². The molecule has 0 saturated heterocycles. The SMILES string of the molecule is O=S(O)c1cccc(Cl)c1F. The molecule has 1 atom stereocenters. The lowest BCUT2D eigenvalue weighted by molar-refractivity contribution is 0.544. The van der Waals surface area contributed by atoms with Crippen LogP contribution in [0.3, 0.4) is 0 Å². The molecule has 0 radical (unpaired) electrons. The van der Waals surface area contributed by atoms with Crippen LogP contribution in [0.4, 0.5) is 4.39 Å². The average molecular weight is 195 g/mol. The molecule has 0 aromatic heterocycles. The first-order valence-corrected chi connectivity index (χ1v) is 4.16. The van der Waals surface area contributed by atoms with Crippen LogP contribution in [0.1, 0.15) is 0 Å². The van der Waals surface area contributed by atoms with Crippen molar-refractivity contribution in [1.29, 1.82) is 0 Å². The predicted octanol–water partition coefficient (Wildman–Crippen LogP) is 2.06. The third-order valence-corrected chi connectivity index (χ3v) is 2.09. The van der Waals surface area contributed by atoms with E-state index >= 15 is 0 Å². The molecule has 0 aliphatic rings. The summed E-state index contributed by atoms with van der Waals surface area (Å²) < 4.78 is 31.7. The van der Waals surface area contributed by atoms with E-state index in [2.05, 4.69) is 0 Å². The molecule has 5 heteroatoms. The number of hydrogen-bond acceptors (Lipinski definition) is 1. The largest absolute Gasteiger partial charge is 0.302 e. The molecule has 0 fully saturated rings. The van der Waals surface area contributed by atoms with Crippen LogP contribution in [0.2, 0.25) is 5.02 Å². The third kappa shape index (κ3) is 1.77. The smallest absolute Gasteiger partial charge is 0.189 e. The van der Waals surface area contributed by atoms with Gasteiger partial charge in [-0.2, -0.15) is 0 Å². The van der Waals surface area contributed by atoms with Crippen LogP contribution < -0.4 is 0 Å². The minimum Gasteiger partial charge on any atom is -0.302 e. The Morgan fingerprint density at radius 1 is 1.55 bits per heavy atom. The minimum atomic E-state index is -2.31. The summed E-state index contributed by atoms with van der Waals surface area (Å²) >= 11 is 3.03. The van der Waals surface area contributed by atoms with Crippen molar-refractivity contribution in [2.24, 2.45) is 0 Å². The Morgan fingerprint density at radius 3 is 2.64 bits per heavy atom. The van der Waals surface area contributed by atoms with Gasteiger partial charge in [0, 0.05) is 0 Å². The molecule has 1 aromatic carbocycles. The van der Waals surface area contributed by atoms with Gasteiger partial charge in [0.2, 0.25) is 0 Å². The third-order valence-electron chi connectivity index (χ3n) is 1.10. The number of halogens is 2. The Hall–Kier alpha value is -0.450. The Morgan fingerprint density at radius 2 is 2.18 bits per heavy atom. The lowest BCUT2D eigenvalue weighted by Gasteiger charge is -1.97. The van der Waals surface area contributed by atoms with Crippen molar-refractivity contribution in [2.45, 2.75) is 4.90 Å². The molecule has 0 spiro atoms. The van der Waals surface area contributed by atoms with E-state index in [-0.39, 0.29) is 9.92 Å². The highest BCUT2D eigenvalue weighted by molar-refractivity contribution is 7.79. The molecular weight excluding hydrogens is 191 g/mol. The van der Waals surface area contributed by atoms with Gasteiger partial charge in [0.25, 0.3) is 0 Å². The zero-order valence-corrected chi connectivity index (χ0v) is 6.82. The van der Waals surface area contributed by atoms with Gasteiger partial charge in [0.05, 0.1) is 5.02 Å². The highest BCUT2D eigenvalue weighted by atomic mass is 35.5. The van der Waals surface area contributed by atoms with Gasteiger partial charge in [-0.15, -0.1) is 0 Å². The molecule has 1 aromatic rings. The van der Waals surface area contributed by atoms with Gasteiger partial charge in [-0.05, 0) is 12.1 Å². The molecule has 2 nitrogen and oxygen atoms in total. The van der Waals surface area contributed by atoms with Gasteiger partial charge in [-0.3, -0.25) is 0 Å². The van der Waals surface area contributed by atoms with E-state index in [0.717, 1.165) is 0 Å². The Balaban J connectivity index is 3.27. The summed E-state index contributed by atoms with van der Waals surface area (Å²) in [7, 11) is 0. The molecule has 1 N–H and O–H groups in total. The molecule has 0 bridgehead atoms. The molecule has 60 valence electrons. The summed E-state index contributed by atoms with van der Waals surface area (Å²) in [6.45, 7) is 0. The first-order chi connectivity index (χ1) is 5.13. The standard InChI is InChI=1S/C6H4ClFO2S/c7-4-2-1-3-5(6(4)8)11(9)10/h1-3H,(H,9,10). The normalized spacial score (nSPS) is 13.0. The lowest BCUT2D eigenvalue weighted by Crippen LogP contribution is -1.92. The van der Waals surface area contributed by atoms with Crippen molar-refractivity contribution in [3.63, 3.8) is 0 Å². The van der Waals surface area contributed by atoms with Gasteiger partial charge >= 0.3 is 0 Å². The highest BCUT2D eigenvalue weighted by Gasteiger charge is 2.09. The summed E-state index contributed by atoms with van der Waals surface area (Å²) in [5.41, 5.74) is 0. The number of benzene rings is 1. The zero-order chi connectivity index (χ0) is 8.43. The van der Waals surface area contributed by atoms with Crippen LogP contribution in [0, 0.1) is 5.82 Å². The summed E-state index contributed by atoms with van der Waals surface area (Å²) in [4.78, 5) is -0.294. The average Bonchev–Trinajstić information content (AvgIpc) is 1.94. The lowest BCUT2D eigenvalue weighted by atomic mass is 10.3.